The molecule has 112 valence electrons. The third kappa shape index (κ3) is 2.96. The van der Waals surface area contributed by atoms with Crippen LogP contribution in [-0.2, 0) is 0 Å². The minimum absolute atomic E-state index is 0.0671. The van der Waals surface area contributed by atoms with Crippen LogP contribution < -0.4 is 5.32 Å². The molecule has 5 nitrogen and oxygen atoms in total. The Morgan fingerprint density at radius 2 is 2.10 bits per heavy atom. The summed E-state index contributed by atoms with van der Waals surface area (Å²) in [7, 11) is 0. The zero-order chi connectivity index (χ0) is 14.8. The maximum Gasteiger partial charge on any atom is 0.260 e. The Bertz CT molecular complexity index is 622. The Balaban J connectivity index is 1.84. The highest BCUT2D eigenvalue weighted by Crippen LogP contribution is 2.25. The number of rotatable bonds is 3. The first kappa shape index (κ1) is 14.2. The molecular formula is C15H19FN4O. The second-order valence-corrected chi connectivity index (χ2v) is 5.40. The lowest BCUT2D eigenvalue weighted by Gasteiger charge is -2.30. The molecule has 6 heteroatoms. The summed E-state index contributed by atoms with van der Waals surface area (Å²) >= 11 is 0. The van der Waals surface area contributed by atoms with E-state index in [1.54, 1.807) is 12.1 Å². The number of nitrogens with zero attached hydrogens (tertiary/aromatic N) is 3. The molecule has 3 rings (SSSR count). The van der Waals surface area contributed by atoms with Gasteiger partial charge in [0.05, 0.1) is 11.6 Å². The average Bonchev–Trinajstić information content (AvgIpc) is 2.99. The minimum atomic E-state index is -0.342. The number of halogens is 1. The van der Waals surface area contributed by atoms with Crippen LogP contribution in [0.1, 0.15) is 24.4 Å². The van der Waals surface area contributed by atoms with Crippen LogP contribution in [0.2, 0.25) is 0 Å². The Morgan fingerprint density at radius 3 is 2.86 bits per heavy atom. The number of nitrogens with one attached hydrogen (secondary N) is 1. The van der Waals surface area contributed by atoms with Crippen molar-refractivity contribution in [1.82, 2.24) is 20.4 Å². The largest absolute Gasteiger partial charge is 0.334 e. The fourth-order valence-corrected chi connectivity index (χ4v) is 2.55. The van der Waals surface area contributed by atoms with Crippen LogP contribution in [0.4, 0.5) is 4.39 Å². The van der Waals surface area contributed by atoms with Gasteiger partial charge in [0, 0.05) is 26.2 Å². The average molecular weight is 290 g/mol. The van der Waals surface area contributed by atoms with E-state index in [0.29, 0.717) is 11.4 Å². The van der Waals surface area contributed by atoms with E-state index in [1.807, 2.05) is 13.8 Å². The van der Waals surface area contributed by atoms with Gasteiger partial charge in [0.15, 0.2) is 5.82 Å². The molecule has 0 amide bonds. The normalized spacial score (nSPS) is 17.9. The van der Waals surface area contributed by atoms with Crippen LogP contribution in [0.15, 0.2) is 22.7 Å². The molecule has 0 bridgehead atoms. The van der Waals surface area contributed by atoms with Gasteiger partial charge in [0.1, 0.15) is 5.82 Å². The van der Waals surface area contributed by atoms with Crippen LogP contribution >= 0.6 is 0 Å². The van der Waals surface area contributed by atoms with E-state index in [1.165, 1.54) is 6.07 Å². The molecule has 1 aliphatic rings. The molecule has 1 aliphatic heterocycles. The summed E-state index contributed by atoms with van der Waals surface area (Å²) in [5.41, 5.74) is 1.32. The van der Waals surface area contributed by atoms with Crippen LogP contribution in [-0.4, -0.2) is 41.2 Å². The first-order chi connectivity index (χ1) is 10.1. The van der Waals surface area contributed by atoms with Crippen molar-refractivity contribution in [2.24, 2.45) is 0 Å². The van der Waals surface area contributed by atoms with Crippen molar-refractivity contribution >= 4 is 0 Å². The molecular weight excluding hydrogens is 271 g/mol. The molecule has 0 unspecified atom stereocenters. The van der Waals surface area contributed by atoms with E-state index in [2.05, 4.69) is 20.4 Å². The summed E-state index contributed by atoms with van der Waals surface area (Å²) in [6.07, 6.45) is 0. The molecule has 0 aliphatic carbocycles. The number of hydrogen-bond acceptors (Lipinski definition) is 5. The molecule has 1 aromatic carbocycles. The SMILES string of the molecule is Cc1ccc(F)c(-c2nc([C@H](C)N3CCNCC3)no2)c1. The minimum Gasteiger partial charge on any atom is -0.334 e. The number of benzene rings is 1. The molecule has 0 saturated carbocycles. The number of piperazine rings is 1. The first-order valence-corrected chi connectivity index (χ1v) is 7.20. The van der Waals surface area contributed by atoms with E-state index in [9.17, 15) is 4.39 Å². The van der Waals surface area contributed by atoms with E-state index in [4.69, 9.17) is 4.52 Å². The van der Waals surface area contributed by atoms with Gasteiger partial charge in [-0.05, 0) is 26.0 Å². The second-order valence-electron chi connectivity index (χ2n) is 5.40. The van der Waals surface area contributed by atoms with Crippen molar-refractivity contribution in [2.75, 3.05) is 26.2 Å². The summed E-state index contributed by atoms with van der Waals surface area (Å²) in [6.45, 7) is 7.77. The quantitative estimate of drug-likeness (QED) is 0.938. The van der Waals surface area contributed by atoms with Gasteiger partial charge in [-0.2, -0.15) is 4.98 Å². The number of aryl methyl sites for hydroxylation is 1. The van der Waals surface area contributed by atoms with Crippen molar-refractivity contribution < 1.29 is 8.91 Å². The van der Waals surface area contributed by atoms with Gasteiger partial charge in [-0.3, -0.25) is 4.90 Å². The highest BCUT2D eigenvalue weighted by atomic mass is 19.1. The summed E-state index contributed by atoms with van der Waals surface area (Å²) in [6, 6.07) is 4.94. The van der Waals surface area contributed by atoms with Crippen LogP contribution in [0, 0.1) is 12.7 Å². The Kier molecular flexibility index (Phi) is 3.98. The van der Waals surface area contributed by atoms with Crippen molar-refractivity contribution in [3.05, 3.63) is 35.4 Å². The Morgan fingerprint density at radius 1 is 1.33 bits per heavy atom. The van der Waals surface area contributed by atoms with Gasteiger partial charge >= 0.3 is 0 Å². The lowest BCUT2D eigenvalue weighted by molar-refractivity contribution is 0.176. The lowest BCUT2D eigenvalue weighted by atomic mass is 10.1. The van der Waals surface area contributed by atoms with Crippen molar-refractivity contribution in [2.45, 2.75) is 19.9 Å². The van der Waals surface area contributed by atoms with Crippen molar-refractivity contribution in [1.29, 1.82) is 0 Å². The first-order valence-electron chi connectivity index (χ1n) is 7.20. The molecule has 21 heavy (non-hydrogen) atoms. The predicted octanol–water partition coefficient (Wildman–Crippen LogP) is 2.15. The highest BCUT2D eigenvalue weighted by Gasteiger charge is 2.23. The molecule has 1 fully saturated rings. The number of aromatic nitrogens is 2. The van der Waals surface area contributed by atoms with Crippen LogP contribution in [0.25, 0.3) is 11.5 Å². The maximum atomic E-state index is 13.9. The fourth-order valence-electron chi connectivity index (χ4n) is 2.55. The molecule has 1 atom stereocenters. The van der Waals surface area contributed by atoms with Gasteiger partial charge < -0.3 is 9.84 Å². The summed E-state index contributed by atoms with van der Waals surface area (Å²) < 4.78 is 19.1. The molecule has 2 aromatic rings. The smallest absolute Gasteiger partial charge is 0.260 e. The number of hydrogen-bond donors (Lipinski definition) is 1. The monoisotopic (exact) mass is 290 g/mol. The van der Waals surface area contributed by atoms with Gasteiger partial charge in [0.2, 0.25) is 0 Å². The standard InChI is InChI=1S/C15H19FN4O/c1-10-3-4-13(16)12(9-10)15-18-14(19-21-15)11(2)20-7-5-17-6-8-20/h3-4,9,11,17H,5-8H2,1-2H3/t11-/m0/s1. The molecule has 0 radical (unpaired) electrons. The van der Waals surface area contributed by atoms with E-state index >= 15 is 0 Å². The maximum absolute atomic E-state index is 13.9. The summed E-state index contributed by atoms with van der Waals surface area (Å²) in [5, 5.41) is 7.33. The fraction of sp³-hybridized carbons (Fsp3) is 0.467. The van der Waals surface area contributed by atoms with E-state index in [0.717, 1.165) is 31.7 Å². The summed E-state index contributed by atoms with van der Waals surface area (Å²) in [4.78, 5) is 6.67. The van der Waals surface area contributed by atoms with Crippen molar-refractivity contribution in [3.63, 3.8) is 0 Å². The highest BCUT2D eigenvalue weighted by molar-refractivity contribution is 5.55. The molecule has 0 spiro atoms. The van der Waals surface area contributed by atoms with E-state index in [-0.39, 0.29) is 17.7 Å². The third-order valence-electron chi connectivity index (χ3n) is 3.87. The predicted molar refractivity (Wildman–Crippen MR) is 77.3 cm³/mol. The zero-order valence-corrected chi connectivity index (χ0v) is 12.3. The van der Waals surface area contributed by atoms with Gasteiger partial charge in [-0.15, -0.1) is 0 Å². The van der Waals surface area contributed by atoms with Gasteiger partial charge in [0.25, 0.3) is 5.89 Å². The van der Waals surface area contributed by atoms with Crippen molar-refractivity contribution in [3.8, 4) is 11.5 Å². The zero-order valence-electron chi connectivity index (χ0n) is 12.3. The van der Waals surface area contributed by atoms with Gasteiger partial charge in [-0.1, -0.05) is 16.8 Å². The van der Waals surface area contributed by atoms with Gasteiger partial charge in [-0.25, -0.2) is 4.39 Å². The lowest BCUT2D eigenvalue weighted by Crippen LogP contribution is -2.44. The Labute approximate surface area is 123 Å². The third-order valence-corrected chi connectivity index (χ3v) is 3.87. The second kappa shape index (κ2) is 5.91. The molecule has 1 aromatic heterocycles. The molecule has 1 N–H and O–H groups in total. The van der Waals surface area contributed by atoms with Crippen LogP contribution in [0.5, 0.6) is 0 Å². The van der Waals surface area contributed by atoms with E-state index < -0.39 is 0 Å². The molecule has 2 heterocycles. The van der Waals surface area contributed by atoms with Crippen LogP contribution in [0.3, 0.4) is 0 Å². The Hall–Kier alpha value is -1.79. The molecule has 1 saturated heterocycles. The summed E-state index contributed by atoms with van der Waals surface area (Å²) in [5.74, 6) is 0.506. The topological polar surface area (TPSA) is 54.2 Å².